The summed E-state index contributed by atoms with van der Waals surface area (Å²) >= 11 is 0. The van der Waals surface area contributed by atoms with Crippen molar-refractivity contribution in [3.05, 3.63) is 17.1 Å². The van der Waals surface area contributed by atoms with Gasteiger partial charge in [-0.15, -0.1) is 0 Å². The number of fused-ring (bicyclic) bond motifs is 1. The Labute approximate surface area is 93.7 Å². The lowest BCUT2D eigenvalue weighted by atomic mass is 9.96. The third kappa shape index (κ3) is 2.29. The summed E-state index contributed by atoms with van der Waals surface area (Å²) < 4.78 is 0. The summed E-state index contributed by atoms with van der Waals surface area (Å²) in [4.78, 5) is 19.0. The van der Waals surface area contributed by atoms with E-state index in [0.29, 0.717) is 18.1 Å². The summed E-state index contributed by atoms with van der Waals surface area (Å²) in [6.07, 6.45) is 4.55. The number of nitrogens with two attached hydrogens (primary N) is 1. The van der Waals surface area contributed by atoms with Gasteiger partial charge in [-0.25, -0.2) is 9.97 Å². The van der Waals surface area contributed by atoms with E-state index in [4.69, 9.17) is 10.8 Å². The Morgan fingerprint density at radius 3 is 2.81 bits per heavy atom. The zero-order valence-corrected chi connectivity index (χ0v) is 9.07. The van der Waals surface area contributed by atoms with Crippen LogP contribution in [0.2, 0.25) is 0 Å². The van der Waals surface area contributed by atoms with Crippen molar-refractivity contribution >= 4 is 11.8 Å². The normalized spacial score (nSPS) is 14.5. The molecule has 3 N–H and O–H groups in total. The molecule has 1 aromatic rings. The lowest BCUT2D eigenvalue weighted by Gasteiger charge is -2.16. The van der Waals surface area contributed by atoms with E-state index in [1.807, 2.05) is 0 Å². The molecule has 86 valence electrons. The third-order valence-corrected chi connectivity index (χ3v) is 2.82. The highest BCUT2D eigenvalue weighted by atomic mass is 16.4. The number of carboxylic acid groups (broad SMARTS) is 1. The first-order chi connectivity index (χ1) is 7.66. The molecule has 2 rings (SSSR count). The van der Waals surface area contributed by atoms with Crippen molar-refractivity contribution in [3.8, 4) is 0 Å². The van der Waals surface area contributed by atoms with Crippen LogP contribution in [0.1, 0.15) is 36.3 Å². The molecule has 0 spiro atoms. The number of hydrogen-bond acceptors (Lipinski definition) is 4. The minimum atomic E-state index is -0.833. The van der Waals surface area contributed by atoms with Gasteiger partial charge in [0.05, 0.1) is 6.42 Å². The van der Waals surface area contributed by atoms with Crippen LogP contribution in [0.3, 0.4) is 0 Å². The highest BCUT2D eigenvalue weighted by molar-refractivity contribution is 5.66. The van der Waals surface area contributed by atoms with E-state index < -0.39 is 5.97 Å². The van der Waals surface area contributed by atoms with E-state index >= 15 is 0 Å². The largest absolute Gasteiger partial charge is 0.481 e. The van der Waals surface area contributed by atoms with E-state index in [1.54, 1.807) is 0 Å². The van der Waals surface area contributed by atoms with Gasteiger partial charge in [0.25, 0.3) is 0 Å². The molecule has 0 radical (unpaired) electrons. The van der Waals surface area contributed by atoms with Crippen LogP contribution >= 0.6 is 0 Å². The van der Waals surface area contributed by atoms with Gasteiger partial charge in [-0.05, 0) is 25.7 Å². The van der Waals surface area contributed by atoms with Crippen LogP contribution in [0.4, 0.5) is 5.82 Å². The summed E-state index contributed by atoms with van der Waals surface area (Å²) in [5.41, 5.74) is 7.92. The number of nitrogens with zero attached hydrogens (tertiary/aromatic N) is 2. The number of aromatic nitrogens is 2. The van der Waals surface area contributed by atoms with Gasteiger partial charge < -0.3 is 10.8 Å². The van der Waals surface area contributed by atoms with Gasteiger partial charge in [-0.3, -0.25) is 4.79 Å². The van der Waals surface area contributed by atoms with Crippen LogP contribution < -0.4 is 5.73 Å². The lowest BCUT2D eigenvalue weighted by Crippen LogP contribution is -2.14. The molecular formula is C11H15N3O2. The fraction of sp³-hybridized carbons (Fsp3) is 0.545. The molecule has 0 saturated heterocycles. The molecule has 1 aromatic heterocycles. The summed E-state index contributed by atoms with van der Waals surface area (Å²) in [7, 11) is 0. The topological polar surface area (TPSA) is 89.1 Å². The van der Waals surface area contributed by atoms with E-state index in [0.717, 1.165) is 36.9 Å². The molecule has 1 aliphatic rings. The van der Waals surface area contributed by atoms with Crippen LogP contribution in [-0.2, 0) is 24.1 Å². The maximum Gasteiger partial charge on any atom is 0.303 e. The number of carbonyl (C=O) groups is 1. The summed E-state index contributed by atoms with van der Waals surface area (Å²) in [5.74, 6) is 0.255. The quantitative estimate of drug-likeness (QED) is 0.793. The summed E-state index contributed by atoms with van der Waals surface area (Å²) in [6.45, 7) is 0. The maximum absolute atomic E-state index is 10.5. The first-order valence-corrected chi connectivity index (χ1v) is 5.53. The Balaban J connectivity index is 2.21. The summed E-state index contributed by atoms with van der Waals surface area (Å²) in [5, 5.41) is 8.60. The monoisotopic (exact) mass is 221 g/mol. The highest BCUT2D eigenvalue weighted by Gasteiger charge is 2.16. The molecule has 0 atom stereocenters. The van der Waals surface area contributed by atoms with Crippen molar-refractivity contribution in [2.45, 2.75) is 38.5 Å². The lowest BCUT2D eigenvalue weighted by molar-refractivity contribution is -0.137. The molecule has 1 heterocycles. The van der Waals surface area contributed by atoms with Crippen LogP contribution in [-0.4, -0.2) is 21.0 Å². The summed E-state index contributed by atoms with van der Waals surface area (Å²) in [6, 6.07) is 0. The second-order valence-electron chi connectivity index (χ2n) is 4.05. The van der Waals surface area contributed by atoms with Gasteiger partial charge in [0, 0.05) is 17.7 Å². The second-order valence-corrected chi connectivity index (χ2v) is 4.05. The Bertz CT molecular complexity index is 418. The molecule has 5 heteroatoms. The van der Waals surface area contributed by atoms with E-state index in [-0.39, 0.29) is 6.42 Å². The number of carboxylic acids is 1. The van der Waals surface area contributed by atoms with Gasteiger partial charge >= 0.3 is 5.97 Å². The van der Waals surface area contributed by atoms with E-state index in [2.05, 4.69) is 9.97 Å². The number of aryl methyl sites for hydroxylation is 2. The predicted molar refractivity (Wildman–Crippen MR) is 59.0 cm³/mol. The number of aliphatic carboxylic acids is 1. The molecule has 0 amide bonds. The Morgan fingerprint density at radius 2 is 2.06 bits per heavy atom. The fourth-order valence-corrected chi connectivity index (χ4v) is 2.01. The van der Waals surface area contributed by atoms with Gasteiger partial charge in [-0.2, -0.15) is 0 Å². The number of nitrogen functional groups attached to an aromatic ring is 1. The van der Waals surface area contributed by atoms with Gasteiger partial charge in [0.1, 0.15) is 11.6 Å². The van der Waals surface area contributed by atoms with Crippen LogP contribution in [0.25, 0.3) is 0 Å². The first-order valence-electron chi connectivity index (χ1n) is 5.53. The zero-order valence-electron chi connectivity index (χ0n) is 9.07. The highest BCUT2D eigenvalue weighted by Crippen LogP contribution is 2.23. The van der Waals surface area contributed by atoms with Crippen LogP contribution in [0, 0.1) is 0 Å². The average molecular weight is 221 g/mol. The molecule has 0 aromatic carbocycles. The minimum absolute atomic E-state index is 0.0538. The third-order valence-electron chi connectivity index (χ3n) is 2.82. The molecule has 0 unspecified atom stereocenters. The molecule has 0 fully saturated rings. The molecule has 0 bridgehead atoms. The minimum Gasteiger partial charge on any atom is -0.481 e. The maximum atomic E-state index is 10.5. The Morgan fingerprint density at radius 1 is 1.31 bits per heavy atom. The van der Waals surface area contributed by atoms with Gasteiger partial charge in [0.2, 0.25) is 0 Å². The average Bonchev–Trinajstić information content (AvgIpc) is 2.26. The van der Waals surface area contributed by atoms with Crippen molar-refractivity contribution in [1.82, 2.24) is 9.97 Å². The van der Waals surface area contributed by atoms with E-state index in [9.17, 15) is 4.79 Å². The number of hydrogen-bond donors (Lipinski definition) is 2. The molecule has 5 nitrogen and oxygen atoms in total. The SMILES string of the molecule is Nc1nc(CCC(=O)O)nc2c1CCCC2. The van der Waals surface area contributed by atoms with Crippen LogP contribution in [0.15, 0.2) is 0 Å². The molecule has 0 aliphatic heterocycles. The number of rotatable bonds is 3. The Hall–Kier alpha value is -1.65. The first kappa shape index (κ1) is 10.9. The number of anilines is 1. The molecule has 16 heavy (non-hydrogen) atoms. The van der Waals surface area contributed by atoms with Gasteiger partial charge in [-0.1, -0.05) is 0 Å². The van der Waals surface area contributed by atoms with Gasteiger partial charge in [0.15, 0.2) is 0 Å². The molecular weight excluding hydrogens is 206 g/mol. The van der Waals surface area contributed by atoms with E-state index in [1.165, 1.54) is 0 Å². The van der Waals surface area contributed by atoms with Crippen molar-refractivity contribution < 1.29 is 9.90 Å². The standard InChI is InChI=1S/C11H15N3O2/c12-11-7-3-1-2-4-8(7)13-9(14-11)5-6-10(15)16/h1-6H2,(H,15,16)(H2,12,13,14). The fourth-order valence-electron chi connectivity index (χ4n) is 2.01. The predicted octanol–water partition coefficient (Wildman–Crippen LogP) is 0.955. The smallest absolute Gasteiger partial charge is 0.303 e. The van der Waals surface area contributed by atoms with Crippen molar-refractivity contribution in [3.63, 3.8) is 0 Å². The second kappa shape index (κ2) is 4.47. The zero-order chi connectivity index (χ0) is 11.5. The van der Waals surface area contributed by atoms with Crippen molar-refractivity contribution in [1.29, 1.82) is 0 Å². The molecule has 0 saturated carbocycles. The van der Waals surface area contributed by atoms with Crippen molar-refractivity contribution in [2.24, 2.45) is 0 Å². The van der Waals surface area contributed by atoms with Crippen molar-refractivity contribution in [2.75, 3.05) is 5.73 Å². The molecule has 1 aliphatic carbocycles. The Kier molecular flexibility index (Phi) is 3.03. The van der Waals surface area contributed by atoms with Crippen LogP contribution in [0.5, 0.6) is 0 Å².